The fourth-order valence-electron chi connectivity index (χ4n) is 3.46. The molecule has 114 valence electrons. The lowest BCUT2D eigenvalue weighted by molar-refractivity contribution is -0.137. The van der Waals surface area contributed by atoms with Crippen molar-refractivity contribution >= 4 is 5.78 Å². The smallest absolute Gasteiger partial charge is 0.317 e. The zero-order valence-corrected chi connectivity index (χ0v) is 11.7. The fraction of sp³-hybridized carbons (Fsp3) is 0.562. The molecule has 1 aliphatic heterocycles. The Bertz CT molecular complexity index is 547. The molecule has 0 amide bonds. The normalized spacial score (nSPS) is 24.0. The van der Waals surface area contributed by atoms with E-state index in [1.165, 1.54) is 6.07 Å². The van der Waals surface area contributed by atoms with E-state index < -0.39 is 11.7 Å². The third kappa shape index (κ3) is 2.98. The van der Waals surface area contributed by atoms with Crippen LogP contribution < -0.4 is 5.32 Å². The topological polar surface area (TPSA) is 29.1 Å². The first-order valence-corrected chi connectivity index (χ1v) is 7.30. The number of rotatable bonds is 3. The summed E-state index contributed by atoms with van der Waals surface area (Å²) in [5, 5.41) is 3.28. The van der Waals surface area contributed by atoms with Crippen LogP contribution in [-0.4, -0.2) is 18.9 Å². The molecule has 2 aliphatic rings. The Morgan fingerprint density at radius 3 is 2.67 bits per heavy atom. The number of benzene rings is 1. The van der Waals surface area contributed by atoms with Crippen LogP contribution in [0.2, 0.25) is 0 Å². The summed E-state index contributed by atoms with van der Waals surface area (Å²) >= 11 is 0. The molecule has 2 nitrogen and oxygen atoms in total. The van der Waals surface area contributed by atoms with Gasteiger partial charge in [0.25, 0.3) is 0 Å². The lowest BCUT2D eigenvalue weighted by atomic mass is 9.89. The Hall–Kier alpha value is -1.36. The molecule has 1 aromatic rings. The van der Waals surface area contributed by atoms with Crippen molar-refractivity contribution in [2.45, 2.75) is 31.9 Å². The van der Waals surface area contributed by atoms with Crippen molar-refractivity contribution in [3.05, 3.63) is 35.4 Å². The van der Waals surface area contributed by atoms with Crippen LogP contribution in [0.5, 0.6) is 0 Å². The number of hydrogen-bond donors (Lipinski definition) is 1. The Morgan fingerprint density at radius 2 is 2.00 bits per heavy atom. The van der Waals surface area contributed by atoms with Gasteiger partial charge in [-0.1, -0.05) is 18.2 Å². The van der Waals surface area contributed by atoms with Gasteiger partial charge < -0.3 is 5.32 Å². The molecular weight excluding hydrogens is 279 g/mol. The zero-order chi connectivity index (χ0) is 15.1. The van der Waals surface area contributed by atoms with Gasteiger partial charge in [-0.25, -0.2) is 0 Å². The van der Waals surface area contributed by atoms with Gasteiger partial charge in [0.2, 0.25) is 0 Å². The van der Waals surface area contributed by atoms with Crippen LogP contribution in [-0.2, 0) is 17.4 Å². The van der Waals surface area contributed by atoms with E-state index in [9.17, 15) is 18.0 Å². The first-order valence-electron chi connectivity index (χ1n) is 7.30. The Labute approximate surface area is 121 Å². The molecule has 1 spiro atoms. The molecule has 21 heavy (non-hydrogen) atoms. The second kappa shape index (κ2) is 5.13. The number of Topliss-reactive ketones (excluding diaryl/α,β-unsaturated/α-hetero) is 1. The maximum atomic E-state index is 12.7. The molecule has 1 unspecified atom stereocenters. The molecule has 5 heteroatoms. The van der Waals surface area contributed by atoms with E-state index in [0.29, 0.717) is 5.56 Å². The highest BCUT2D eigenvalue weighted by molar-refractivity contribution is 5.86. The molecule has 2 fully saturated rings. The summed E-state index contributed by atoms with van der Waals surface area (Å²) < 4.78 is 38.0. The summed E-state index contributed by atoms with van der Waals surface area (Å²) in [6.07, 6.45) is -1.32. The molecule has 0 radical (unpaired) electrons. The molecular formula is C16H18F3NO. The van der Waals surface area contributed by atoms with Crippen LogP contribution in [0.1, 0.15) is 30.4 Å². The van der Waals surface area contributed by atoms with Gasteiger partial charge >= 0.3 is 6.18 Å². The quantitative estimate of drug-likeness (QED) is 0.928. The first kappa shape index (κ1) is 14.6. The molecule has 0 bridgehead atoms. The van der Waals surface area contributed by atoms with Crippen LogP contribution in [0.15, 0.2) is 24.3 Å². The number of carbonyl (C=O) groups excluding carboxylic acids is 1. The molecule has 3 rings (SSSR count). The van der Waals surface area contributed by atoms with E-state index in [2.05, 4.69) is 5.32 Å². The number of halogens is 3. The van der Waals surface area contributed by atoms with Crippen molar-refractivity contribution in [1.82, 2.24) is 5.32 Å². The third-order valence-corrected chi connectivity index (χ3v) is 4.81. The lowest BCUT2D eigenvalue weighted by Crippen LogP contribution is -2.31. The Balaban J connectivity index is 1.66. The van der Waals surface area contributed by atoms with Crippen LogP contribution >= 0.6 is 0 Å². The summed E-state index contributed by atoms with van der Waals surface area (Å²) in [4.78, 5) is 12.3. The van der Waals surface area contributed by atoms with Crippen molar-refractivity contribution in [2.75, 3.05) is 13.1 Å². The lowest BCUT2D eigenvalue weighted by Gasteiger charge is -2.23. The standard InChI is InChI=1S/C16H18F3NO/c17-16(18,19)12-3-1-2-11(8-12)9-14(21)13-10-15(13)4-6-20-7-5-15/h1-3,8,13,20H,4-7,9-10H2. The van der Waals surface area contributed by atoms with E-state index in [4.69, 9.17) is 0 Å². The average Bonchev–Trinajstić information content (AvgIpc) is 3.12. The van der Waals surface area contributed by atoms with Crippen LogP contribution in [0, 0.1) is 11.3 Å². The maximum absolute atomic E-state index is 12.7. The number of nitrogens with one attached hydrogen (secondary N) is 1. The van der Waals surface area contributed by atoms with Gasteiger partial charge in [-0.3, -0.25) is 4.79 Å². The van der Waals surface area contributed by atoms with E-state index in [1.54, 1.807) is 6.07 Å². The van der Waals surface area contributed by atoms with Gasteiger partial charge in [-0.15, -0.1) is 0 Å². The third-order valence-electron chi connectivity index (χ3n) is 4.81. The number of alkyl halides is 3. The van der Waals surface area contributed by atoms with Crippen LogP contribution in [0.4, 0.5) is 13.2 Å². The van der Waals surface area contributed by atoms with Gasteiger partial charge in [-0.05, 0) is 49.4 Å². The second-order valence-corrected chi connectivity index (χ2v) is 6.21. The van der Waals surface area contributed by atoms with Crippen molar-refractivity contribution in [3.63, 3.8) is 0 Å². The monoisotopic (exact) mass is 297 g/mol. The predicted octanol–water partition coefficient (Wildman–Crippen LogP) is 3.21. The Morgan fingerprint density at radius 1 is 1.29 bits per heavy atom. The average molecular weight is 297 g/mol. The molecule has 1 heterocycles. The summed E-state index contributed by atoms with van der Waals surface area (Å²) in [5.41, 5.74) is -0.0739. The van der Waals surface area contributed by atoms with Crippen molar-refractivity contribution < 1.29 is 18.0 Å². The molecule has 1 aliphatic carbocycles. The summed E-state index contributed by atoms with van der Waals surface area (Å²) in [5.74, 6) is 0.144. The van der Waals surface area contributed by atoms with E-state index >= 15 is 0 Å². The van der Waals surface area contributed by atoms with Crippen molar-refractivity contribution in [3.8, 4) is 0 Å². The van der Waals surface area contributed by atoms with Gasteiger partial charge in [0, 0.05) is 12.3 Å². The highest BCUT2D eigenvalue weighted by Gasteiger charge is 2.56. The SMILES string of the molecule is O=C(Cc1cccc(C(F)(F)F)c1)C1CC12CCNCC2. The zero-order valence-electron chi connectivity index (χ0n) is 11.7. The first-order chi connectivity index (χ1) is 9.91. The van der Waals surface area contributed by atoms with Gasteiger partial charge in [-0.2, -0.15) is 13.2 Å². The molecule has 1 N–H and O–H groups in total. The second-order valence-electron chi connectivity index (χ2n) is 6.21. The molecule has 1 saturated carbocycles. The van der Waals surface area contributed by atoms with Crippen LogP contribution in [0.25, 0.3) is 0 Å². The summed E-state index contributed by atoms with van der Waals surface area (Å²) in [6.45, 7) is 1.88. The highest BCUT2D eigenvalue weighted by atomic mass is 19.4. The highest BCUT2D eigenvalue weighted by Crippen LogP contribution is 2.59. The Kier molecular flexibility index (Phi) is 3.56. The van der Waals surface area contributed by atoms with Gasteiger partial charge in [0.15, 0.2) is 0 Å². The molecule has 1 aromatic carbocycles. The number of hydrogen-bond acceptors (Lipinski definition) is 2. The van der Waals surface area contributed by atoms with E-state index in [0.717, 1.165) is 44.5 Å². The van der Waals surface area contributed by atoms with Gasteiger partial charge in [0.05, 0.1) is 5.56 Å². The maximum Gasteiger partial charge on any atom is 0.416 e. The molecule has 1 saturated heterocycles. The number of piperidine rings is 1. The fourth-order valence-corrected chi connectivity index (χ4v) is 3.46. The van der Waals surface area contributed by atoms with Crippen LogP contribution in [0.3, 0.4) is 0 Å². The summed E-state index contributed by atoms with van der Waals surface area (Å²) in [6, 6.07) is 5.11. The molecule has 1 atom stereocenters. The van der Waals surface area contributed by atoms with E-state index in [1.807, 2.05) is 0 Å². The van der Waals surface area contributed by atoms with Gasteiger partial charge in [0.1, 0.15) is 5.78 Å². The van der Waals surface area contributed by atoms with Crippen molar-refractivity contribution in [2.24, 2.45) is 11.3 Å². The predicted molar refractivity (Wildman–Crippen MR) is 72.8 cm³/mol. The number of ketones is 1. The largest absolute Gasteiger partial charge is 0.416 e. The summed E-state index contributed by atoms with van der Waals surface area (Å²) in [7, 11) is 0. The van der Waals surface area contributed by atoms with Crippen molar-refractivity contribution in [1.29, 1.82) is 0 Å². The minimum atomic E-state index is -4.35. The molecule has 0 aromatic heterocycles. The minimum absolute atomic E-state index is 0.0501. The minimum Gasteiger partial charge on any atom is -0.317 e. The van der Waals surface area contributed by atoms with E-state index in [-0.39, 0.29) is 23.5 Å². The number of carbonyl (C=O) groups is 1.